The van der Waals surface area contributed by atoms with Crippen molar-refractivity contribution in [2.45, 2.75) is 0 Å². The number of rotatable bonds is 2. The molecule has 0 aliphatic heterocycles. The quantitative estimate of drug-likeness (QED) is 0.782. The van der Waals surface area contributed by atoms with Crippen molar-refractivity contribution in [2.24, 2.45) is 0 Å². The highest BCUT2D eigenvalue weighted by molar-refractivity contribution is 9.10. The molecule has 4 nitrogen and oxygen atoms in total. The number of thiophene rings is 1. The van der Waals surface area contributed by atoms with Crippen LogP contribution in [-0.4, -0.2) is 15.0 Å². The second-order valence-corrected chi connectivity index (χ2v) is 5.70. The van der Waals surface area contributed by atoms with Crippen LogP contribution in [0.2, 0.25) is 0 Å². The highest BCUT2D eigenvalue weighted by atomic mass is 79.9. The summed E-state index contributed by atoms with van der Waals surface area (Å²) in [5, 5.41) is 2.55. The average Bonchev–Trinajstić information content (AvgIpc) is 2.82. The Morgan fingerprint density at radius 3 is 3.05 bits per heavy atom. The summed E-state index contributed by atoms with van der Waals surface area (Å²) < 4.78 is 1.04. The Balaban J connectivity index is 2.02. The smallest absolute Gasteiger partial charge is 0.259 e. The van der Waals surface area contributed by atoms with Crippen LogP contribution in [0.5, 0.6) is 0 Å². The monoisotopic (exact) mass is 333 g/mol. The van der Waals surface area contributed by atoms with E-state index in [4.69, 9.17) is 0 Å². The van der Waals surface area contributed by atoms with Crippen LogP contribution in [0.1, 0.15) is 10.7 Å². The van der Waals surface area contributed by atoms with Gasteiger partial charge in [-0.1, -0.05) is 0 Å². The zero-order chi connectivity index (χ0) is 13.2. The minimum Gasteiger partial charge on any atom is -0.306 e. The van der Waals surface area contributed by atoms with Crippen LogP contribution in [0.15, 0.2) is 39.2 Å². The van der Waals surface area contributed by atoms with Crippen LogP contribution < -0.4 is 5.56 Å². The van der Waals surface area contributed by atoms with E-state index in [2.05, 4.69) is 30.9 Å². The number of nitrogens with one attached hydrogen (secondary N) is 1. The fraction of sp³-hybridized carbons (Fsp3) is 0. The third-order valence-electron chi connectivity index (χ3n) is 2.52. The zero-order valence-electron chi connectivity index (χ0n) is 9.63. The first-order valence-electron chi connectivity index (χ1n) is 5.48. The molecule has 0 aliphatic rings. The molecule has 0 fully saturated rings. The second-order valence-electron chi connectivity index (χ2n) is 3.84. The number of hydrogen-bond acceptors (Lipinski definition) is 4. The van der Waals surface area contributed by atoms with E-state index < -0.39 is 0 Å². The number of pyridine rings is 1. The lowest BCUT2D eigenvalue weighted by molar-refractivity contribution is 1.13. The fourth-order valence-electron chi connectivity index (χ4n) is 1.66. The van der Waals surface area contributed by atoms with Crippen molar-refractivity contribution in [2.75, 3.05) is 0 Å². The van der Waals surface area contributed by atoms with Crippen LogP contribution in [0.3, 0.4) is 0 Å². The van der Waals surface area contributed by atoms with E-state index in [0.717, 1.165) is 9.35 Å². The van der Waals surface area contributed by atoms with Gasteiger partial charge in [0, 0.05) is 20.9 Å². The number of nitrogens with zero attached hydrogens (tertiary/aromatic N) is 2. The summed E-state index contributed by atoms with van der Waals surface area (Å²) in [4.78, 5) is 24.0. The van der Waals surface area contributed by atoms with Crippen molar-refractivity contribution in [3.05, 3.63) is 55.4 Å². The largest absolute Gasteiger partial charge is 0.306 e. The van der Waals surface area contributed by atoms with Crippen LogP contribution >= 0.6 is 27.3 Å². The Bertz CT molecular complexity index is 822. The minimum absolute atomic E-state index is 0.153. The molecular weight excluding hydrogens is 326 g/mol. The Morgan fingerprint density at radius 2 is 2.26 bits per heavy atom. The van der Waals surface area contributed by atoms with Crippen molar-refractivity contribution in [3.63, 3.8) is 0 Å². The lowest BCUT2D eigenvalue weighted by Crippen LogP contribution is -2.09. The van der Waals surface area contributed by atoms with Gasteiger partial charge in [-0.3, -0.25) is 9.78 Å². The van der Waals surface area contributed by atoms with Crippen LogP contribution in [-0.2, 0) is 0 Å². The van der Waals surface area contributed by atoms with Crippen LogP contribution in [0, 0.1) is 0 Å². The third-order valence-corrected chi connectivity index (χ3v) is 4.18. The number of hydrogen-bond donors (Lipinski definition) is 1. The normalized spacial score (nSPS) is 11.4. The van der Waals surface area contributed by atoms with Gasteiger partial charge in [0.2, 0.25) is 0 Å². The molecule has 19 heavy (non-hydrogen) atoms. The summed E-state index contributed by atoms with van der Waals surface area (Å²) in [7, 11) is 0. The average molecular weight is 334 g/mol. The summed E-state index contributed by atoms with van der Waals surface area (Å²) in [6, 6.07) is 3.66. The lowest BCUT2D eigenvalue weighted by Gasteiger charge is -1.97. The Kier molecular flexibility index (Phi) is 3.27. The van der Waals surface area contributed by atoms with E-state index in [1.807, 2.05) is 17.5 Å². The summed E-state index contributed by atoms with van der Waals surface area (Å²) in [5.74, 6) is 0.523. The maximum absolute atomic E-state index is 11.9. The highest BCUT2D eigenvalue weighted by Gasteiger charge is 2.01. The van der Waals surface area contributed by atoms with E-state index in [1.165, 1.54) is 0 Å². The van der Waals surface area contributed by atoms with Crippen molar-refractivity contribution < 1.29 is 0 Å². The van der Waals surface area contributed by atoms with Gasteiger partial charge in [0.1, 0.15) is 5.82 Å². The summed E-state index contributed by atoms with van der Waals surface area (Å²) in [6.45, 7) is 0. The van der Waals surface area contributed by atoms with Gasteiger partial charge < -0.3 is 4.98 Å². The molecule has 3 rings (SSSR count). The summed E-state index contributed by atoms with van der Waals surface area (Å²) >= 11 is 5.01. The molecule has 0 saturated carbocycles. The van der Waals surface area contributed by atoms with Crippen molar-refractivity contribution in [3.8, 4) is 0 Å². The second kappa shape index (κ2) is 5.07. The topological polar surface area (TPSA) is 58.6 Å². The molecule has 0 unspecified atom stereocenters. The zero-order valence-corrected chi connectivity index (χ0v) is 12.0. The van der Waals surface area contributed by atoms with E-state index in [9.17, 15) is 4.79 Å². The lowest BCUT2D eigenvalue weighted by atomic mass is 10.3. The van der Waals surface area contributed by atoms with Gasteiger partial charge in [-0.2, -0.15) is 0 Å². The standard InChI is InChI=1S/C13H8BrN3OS/c14-8-5-9(19-7-8)1-2-12-16-11-6-15-4-3-10(11)13(18)17-12/h1-7H,(H,16,17,18)/b2-1+. The fourth-order valence-corrected chi connectivity index (χ4v) is 3.00. The van der Waals surface area contributed by atoms with Gasteiger partial charge in [-0.25, -0.2) is 4.98 Å². The van der Waals surface area contributed by atoms with Gasteiger partial charge in [-0.05, 0) is 40.2 Å². The predicted molar refractivity (Wildman–Crippen MR) is 81.1 cm³/mol. The Labute approximate surface area is 121 Å². The number of aromatic nitrogens is 3. The molecule has 0 amide bonds. The molecule has 0 spiro atoms. The van der Waals surface area contributed by atoms with Gasteiger partial charge in [0.25, 0.3) is 5.56 Å². The molecule has 3 aromatic rings. The van der Waals surface area contributed by atoms with E-state index in [1.54, 1.807) is 35.9 Å². The molecular formula is C13H8BrN3OS. The van der Waals surface area contributed by atoms with E-state index in [0.29, 0.717) is 16.7 Å². The summed E-state index contributed by atoms with van der Waals surface area (Å²) in [5.41, 5.74) is 0.442. The van der Waals surface area contributed by atoms with Crippen LogP contribution in [0.25, 0.3) is 23.1 Å². The first-order chi connectivity index (χ1) is 9.22. The maximum atomic E-state index is 11.9. The first kappa shape index (κ1) is 12.3. The number of halogens is 1. The Hall–Kier alpha value is -1.79. The molecule has 0 saturated heterocycles. The van der Waals surface area contributed by atoms with Crippen LogP contribution in [0.4, 0.5) is 0 Å². The molecule has 0 aliphatic carbocycles. The van der Waals surface area contributed by atoms with E-state index in [-0.39, 0.29) is 5.56 Å². The molecule has 3 aromatic heterocycles. The van der Waals surface area contributed by atoms with Gasteiger partial charge in [0.15, 0.2) is 0 Å². The third kappa shape index (κ3) is 2.64. The van der Waals surface area contributed by atoms with Gasteiger partial charge in [0.05, 0.1) is 17.1 Å². The molecule has 0 bridgehead atoms. The molecule has 0 atom stereocenters. The highest BCUT2D eigenvalue weighted by Crippen LogP contribution is 2.21. The van der Waals surface area contributed by atoms with Gasteiger partial charge in [-0.15, -0.1) is 11.3 Å². The van der Waals surface area contributed by atoms with Crippen molar-refractivity contribution in [1.29, 1.82) is 0 Å². The maximum Gasteiger partial charge on any atom is 0.259 e. The number of aromatic amines is 1. The SMILES string of the molecule is O=c1[nH]c(/C=C/c2cc(Br)cs2)nc2cnccc12. The molecule has 0 aromatic carbocycles. The Morgan fingerprint density at radius 1 is 1.37 bits per heavy atom. The molecule has 3 heterocycles. The first-order valence-corrected chi connectivity index (χ1v) is 7.16. The number of fused-ring (bicyclic) bond motifs is 1. The molecule has 6 heteroatoms. The minimum atomic E-state index is -0.153. The van der Waals surface area contributed by atoms with E-state index >= 15 is 0 Å². The van der Waals surface area contributed by atoms with Gasteiger partial charge >= 0.3 is 0 Å². The molecule has 0 radical (unpaired) electrons. The molecule has 1 N–H and O–H groups in total. The predicted octanol–water partition coefficient (Wildman–Crippen LogP) is 3.31. The number of H-pyrrole nitrogens is 1. The molecule has 94 valence electrons. The summed E-state index contributed by atoms with van der Waals surface area (Å²) in [6.07, 6.45) is 6.86. The van der Waals surface area contributed by atoms with Crippen molar-refractivity contribution >= 4 is 50.3 Å². The van der Waals surface area contributed by atoms with Crippen molar-refractivity contribution in [1.82, 2.24) is 15.0 Å².